The maximum Gasteiger partial charge on any atom is 0.0461 e. The Labute approximate surface area is 165 Å². The summed E-state index contributed by atoms with van der Waals surface area (Å²) in [5.41, 5.74) is 6.65. The van der Waals surface area contributed by atoms with Gasteiger partial charge in [-0.25, -0.2) is 0 Å². The molecule has 0 saturated heterocycles. The third kappa shape index (κ3) is 4.80. The lowest BCUT2D eigenvalue weighted by Gasteiger charge is -2.29. The highest BCUT2D eigenvalue weighted by Crippen LogP contribution is 2.35. The van der Waals surface area contributed by atoms with Gasteiger partial charge in [0.25, 0.3) is 0 Å². The number of hydrogen-bond acceptors (Lipinski definition) is 1. The van der Waals surface area contributed by atoms with Crippen molar-refractivity contribution >= 4 is 11.4 Å². The largest absolute Gasteiger partial charge is 0.311 e. The second-order valence-electron chi connectivity index (χ2n) is 9.11. The molecule has 0 aliphatic carbocycles. The first-order valence-electron chi connectivity index (χ1n) is 9.47. The van der Waals surface area contributed by atoms with E-state index >= 15 is 0 Å². The van der Waals surface area contributed by atoms with Gasteiger partial charge in [-0.3, -0.25) is 0 Å². The lowest BCUT2D eigenvalue weighted by molar-refractivity contribution is 0.590. The van der Waals surface area contributed by atoms with Gasteiger partial charge in [0.15, 0.2) is 0 Å². The van der Waals surface area contributed by atoms with Crippen molar-refractivity contribution in [3.05, 3.63) is 96.7 Å². The molecule has 0 atom stereocenters. The summed E-state index contributed by atoms with van der Waals surface area (Å²) in [5, 5.41) is 0. The molecule has 0 heterocycles. The Morgan fingerprint density at radius 2 is 1.04 bits per heavy atom. The van der Waals surface area contributed by atoms with Crippen LogP contribution in [0.15, 0.2) is 85.6 Å². The third-order valence-electron chi connectivity index (χ3n) is 4.87. The predicted molar refractivity (Wildman–Crippen MR) is 121 cm³/mol. The van der Waals surface area contributed by atoms with E-state index in [1.807, 2.05) is 0 Å². The van der Waals surface area contributed by atoms with Crippen LogP contribution in [0.3, 0.4) is 0 Å². The Bertz CT molecular complexity index is 764. The van der Waals surface area contributed by atoms with Gasteiger partial charge in [-0.1, -0.05) is 91.6 Å². The number of benzene rings is 2. The van der Waals surface area contributed by atoms with Crippen molar-refractivity contribution in [2.45, 2.75) is 52.4 Å². The molecule has 0 bridgehead atoms. The second kappa shape index (κ2) is 7.60. The molecule has 0 N–H and O–H groups in total. The summed E-state index contributed by atoms with van der Waals surface area (Å²) in [6.07, 6.45) is 1.75. The smallest absolute Gasteiger partial charge is 0.0461 e. The van der Waals surface area contributed by atoms with Crippen LogP contribution in [0.1, 0.15) is 52.7 Å². The second-order valence-corrected chi connectivity index (χ2v) is 9.11. The van der Waals surface area contributed by atoms with Crippen molar-refractivity contribution in [1.82, 2.24) is 0 Å². The predicted octanol–water partition coefficient (Wildman–Crippen LogP) is 7.68. The van der Waals surface area contributed by atoms with Crippen molar-refractivity contribution in [2.24, 2.45) is 0 Å². The molecule has 0 unspecified atom stereocenters. The van der Waals surface area contributed by atoms with Crippen LogP contribution in [0.2, 0.25) is 0 Å². The minimum absolute atomic E-state index is 0.124. The average molecular weight is 360 g/mol. The molecule has 0 amide bonds. The van der Waals surface area contributed by atoms with Gasteiger partial charge in [0, 0.05) is 17.1 Å². The Hall–Kier alpha value is -2.54. The minimum Gasteiger partial charge on any atom is -0.311 e. The average Bonchev–Trinajstić information content (AvgIpc) is 2.60. The van der Waals surface area contributed by atoms with Crippen molar-refractivity contribution in [2.75, 3.05) is 4.90 Å². The zero-order chi connectivity index (χ0) is 20.4. The van der Waals surface area contributed by atoms with E-state index in [0.717, 1.165) is 22.6 Å². The number of anilines is 2. The van der Waals surface area contributed by atoms with Gasteiger partial charge in [0.05, 0.1) is 0 Å². The summed E-state index contributed by atoms with van der Waals surface area (Å²) in [4.78, 5) is 2.14. The first-order valence-corrected chi connectivity index (χ1v) is 9.47. The van der Waals surface area contributed by atoms with Gasteiger partial charge >= 0.3 is 0 Å². The van der Waals surface area contributed by atoms with Crippen LogP contribution in [-0.2, 0) is 10.8 Å². The van der Waals surface area contributed by atoms with Crippen LogP contribution >= 0.6 is 0 Å². The molecule has 0 radical (unpaired) electrons. The van der Waals surface area contributed by atoms with E-state index in [9.17, 15) is 0 Å². The van der Waals surface area contributed by atoms with Crippen LogP contribution in [0.25, 0.3) is 0 Å². The van der Waals surface area contributed by atoms with Crippen LogP contribution in [0.4, 0.5) is 11.4 Å². The molecule has 2 aromatic carbocycles. The summed E-state index contributed by atoms with van der Waals surface area (Å²) in [6, 6.07) is 17.4. The summed E-state index contributed by atoms with van der Waals surface area (Å²) < 4.78 is 0. The van der Waals surface area contributed by atoms with E-state index in [1.165, 1.54) is 11.1 Å². The van der Waals surface area contributed by atoms with Crippen molar-refractivity contribution in [3.8, 4) is 0 Å². The van der Waals surface area contributed by atoms with E-state index in [2.05, 4.69) is 115 Å². The summed E-state index contributed by atoms with van der Waals surface area (Å²) in [7, 11) is 0. The lowest BCUT2D eigenvalue weighted by atomic mass is 9.86. The third-order valence-corrected chi connectivity index (χ3v) is 4.87. The van der Waals surface area contributed by atoms with Gasteiger partial charge in [0.1, 0.15) is 0 Å². The zero-order valence-corrected chi connectivity index (χ0v) is 17.8. The molecule has 142 valence electrons. The number of nitrogens with zero attached hydrogens (tertiary/aromatic N) is 1. The van der Waals surface area contributed by atoms with Crippen LogP contribution in [0.5, 0.6) is 0 Å². The lowest BCUT2D eigenvalue weighted by Crippen LogP contribution is -2.18. The fourth-order valence-electron chi connectivity index (χ4n) is 2.94. The number of rotatable bonds is 5. The molecule has 1 heteroatoms. The topological polar surface area (TPSA) is 3.24 Å². The fourth-order valence-corrected chi connectivity index (χ4v) is 2.94. The Kier molecular flexibility index (Phi) is 5.85. The van der Waals surface area contributed by atoms with Gasteiger partial charge in [-0.15, -0.1) is 0 Å². The highest BCUT2D eigenvalue weighted by Gasteiger charge is 2.19. The van der Waals surface area contributed by atoms with Crippen LogP contribution in [-0.4, -0.2) is 0 Å². The summed E-state index contributed by atoms with van der Waals surface area (Å²) >= 11 is 0. The Morgan fingerprint density at radius 1 is 0.704 bits per heavy atom. The molecule has 27 heavy (non-hydrogen) atoms. The van der Waals surface area contributed by atoms with Gasteiger partial charge in [-0.2, -0.15) is 0 Å². The van der Waals surface area contributed by atoms with Crippen molar-refractivity contribution < 1.29 is 0 Å². The zero-order valence-electron chi connectivity index (χ0n) is 17.8. The van der Waals surface area contributed by atoms with Crippen molar-refractivity contribution in [1.29, 1.82) is 0 Å². The molecule has 1 nitrogen and oxygen atoms in total. The molecule has 0 spiro atoms. The van der Waals surface area contributed by atoms with E-state index in [4.69, 9.17) is 0 Å². The fraction of sp³-hybridized carbons (Fsp3) is 0.308. The van der Waals surface area contributed by atoms with Gasteiger partial charge < -0.3 is 4.90 Å². The molecule has 0 saturated carbocycles. The van der Waals surface area contributed by atoms with E-state index < -0.39 is 0 Å². The molecular weight excluding hydrogens is 326 g/mol. The molecular formula is C26H33N. The van der Waals surface area contributed by atoms with Crippen LogP contribution in [0, 0.1) is 0 Å². The molecule has 0 fully saturated rings. The highest BCUT2D eigenvalue weighted by molar-refractivity contribution is 5.72. The van der Waals surface area contributed by atoms with E-state index in [-0.39, 0.29) is 10.8 Å². The molecule has 0 aliphatic rings. The number of allylic oxidation sites excluding steroid dienone is 1. The monoisotopic (exact) mass is 359 g/mol. The summed E-state index contributed by atoms with van der Waals surface area (Å²) in [5.74, 6) is 0. The molecule has 0 aromatic heterocycles. The molecule has 2 rings (SSSR count). The van der Waals surface area contributed by atoms with Gasteiger partial charge in [0.2, 0.25) is 0 Å². The molecule has 0 aliphatic heterocycles. The minimum atomic E-state index is 0.124. The van der Waals surface area contributed by atoms with E-state index in [1.54, 1.807) is 6.08 Å². The SMILES string of the molecule is C=CC(=C)C(=C)N(c1ccc(C(C)(C)C)cc1)c1ccc(C(C)(C)C)cc1. The summed E-state index contributed by atoms with van der Waals surface area (Å²) in [6.45, 7) is 25.6. The standard InChI is InChI=1S/C26H33N/c1-10-19(2)20(3)27(23-15-11-21(12-16-23)25(4,5)6)24-17-13-22(14-18-24)26(7,8)9/h10-18H,1-3H2,4-9H3. The highest BCUT2D eigenvalue weighted by atomic mass is 15.1. The Balaban J connectivity index is 2.51. The normalized spacial score (nSPS) is 11.8. The maximum absolute atomic E-state index is 4.28. The maximum atomic E-state index is 4.28. The van der Waals surface area contributed by atoms with Crippen LogP contribution < -0.4 is 4.90 Å². The first kappa shape index (κ1) is 20.8. The van der Waals surface area contributed by atoms with E-state index in [0.29, 0.717) is 0 Å². The Morgan fingerprint density at radius 3 is 1.30 bits per heavy atom. The van der Waals surface area contributed by atoms with Crippen molar-refractivity contribution in [3.63, 3.8) is 0 Å². The quantitative estimate of drug-likeness (QED) is 0.495. The molecule has 2 aromatic rings. The van der Waals surface area contributed by atoms with Gasteiger partial charge in [-0.05, 0) is 51.8 Å². The number of hydrogen-bond donors (Lipinski definition) is 0. The first-order chi connectivity index (χ1) is 12.4.